The van der Waals surface area contributed by atoms with Crippen molar-refractivity contribution in [3.05, 3.63) is 55.8 Å². The number of para-hydroxylation sites is 1. The number of aromatic nitrogens is 1. The fraction of sp³-hybridized carbons (Fsp3) is 0. The summed E-state index contributed by atoms with van der Waals surface area (Å²) >= 11 is 13.7. The molecule has 0 saturated heterocycles. The summed E-state index contributed by atoms with van der Waals surface area (Å²) in [6, 6.07) is 8.97. The Bertz CT molecular complexity index is 604. The van der Waals surface area contributed by atoms with E-state index in [1.807, 2.05) is 24.3 Å². The van der Waals surface area contributed by atoms with E-state index >= 15 is 0 Å². The molecule has 0 fully saturated rings. The molecular weight excluding hydrogens is 386 g/mol. The summed E-state index contributed by atoms with van der Waals surface area (Å²) in [7, 11) is 0. The summed E-state index contributed by atoms with van der Waals surface area (Å²) in [5.41, 5.74) is 1.11. The maximum absolute atomic E-state index is 12.0. The summed E-state index contributed by atoms with van der Waals surface area (Å²) in [6.45, 7) is 0. The van der Waals surface area contributed by atoms with Crippen LogP contribution in [-0.2, 0) is 0 Å². The van der Waals surface area contributed by atoms with Crippen molar-refractivity contribution in [3.8, 4) is 0 Å². The quantitative estimate of drug-likeness (QED) is 0.613. The number of carbonyl (C=O) groups is 1. The van der Waals surface area contributed by atoms with Crippen LogP contribution >= 0.6 is 45.8 Å². The van der Waals surface area contributed by atoms with Crippen LogP contribution in [0.2, 0.25) is 10.2 Å². The first-order valence-corrected chi connectivity index (χ1v) is 6.78. The number of pyridine rings is 1. The van der Waals surface area contributed by atoms with Crippen LogP contribution in [0, 0.1) is 3.57 Å². The van der Waals surface area contributed by atoms with Gasteiger partial charge in [-0.2, -0.15) is 0 Å². The highest BCUT2D eigenvalue weighted by molar-refractivity contribution is 14.1. The van der Waals surface area contributed by atoms with Gasteiger partial charge in [-0.3, -0.25) is 4.79 Å². The Morgan fingerprint density at radius 2 is 2.00 bits per heavy atom. The van der Waals surface area contributed by atoms with Crippen LogP contribution in [0.1, 0.15) is 10.4 Å². The number of halogens is 3. The highest BCUT2D eigenvalue weighted by Gasteiger charge is 2.10. The van der Waals surface area contributed by atoms with Gasteiger partial charge in [-0.15, -0.1) is 0 Å². The normalized spacial score (nSPS) is 10.2. The van der Waals surface area contributed by atoms with Crippen LogP contribution in [0.3, 0.4) is 0 Å². The minimum atomic E-state index is -0.273. The zero-order chi connectivity index (χ0) is 13.1. The van der Waals surface area contributed by atoms with Crippen LogP contribution in [0.4, 0.5) is 5.69 Å². The average molecular weight is 393 g/mol. The third kappa shape index (κ3) is 3.13. The number of nitrogens with one attached hydrogen (secondary N) is 1. The number of amides is 1. The highest BCUT2D eigenvalue weighted by atomic mass is 127. The lowest BCUT2D eigenvalue weighted by Crippen LogP contribution is -2.13. The van der Waals surface area contributed by atoms with Gasteiger partial charge >= 0.3 is 0 Å². The lowest BCUT2D eigenvalue weighted by Gasteiger charge is -2.07. The molecule has 0 spiro atoms. The molecule has 1 aromatic heterocycles. The summed E-state index contributed by atoms with van der Waals surface area (Å²) in [6.07, 6.45) is 1.39. The van der Waals surface area contributed by atoms with Crippen molar-refractivity contribution in [2.24, 2.45) is 0 Å². The maximum Gasteiger partial charge on any atom is 0.257 e. The van der Waals surface area contributed by atoms with Crippen molar-refractivity contribution < 1.29 is 4.79 Å². The van der Waals surface area contributed by atoms with Gasteiger partial charge in [0.15, 0.2) is 0 Å². The van der Waals surface area contributed by atoms with Gasteiger partial charge in [0.2, 0.25) is 0 Å². The van der Waals surface area contributed by atoms with Crippen molar-refractivity contribution >= 4 is 57.4 Å². The Balaban J connectivity index is 2.22. The topological polar surface area (TPSA) is 42.0 Å². The Kier molecular flexibility index (Phi) is 4.42. The van der Waals surface area contributed by atoms with Gasteiger partial charge in [-0.25, -0.2) is 4.98 Å². The van der Waals surface area contributed by atoms with E-state index in [-0.39, 0.29) is 16.1 Å². The molecule has 2 rings (SSSR count). The van der Waals surface area contributed by atoms with Crippen molar-refractivity contribution in [1.82, 2.24) is 4.98 Å². The van der Waals surface area contributed by atoms with E-state index in [1.54, 1.807) is 0 Å². The lowest BCUT2D eigenvalue weighted by molar-refractivity contribution is 0.102. The fourth-order valence-electron chi connectivity index (χ4n) is 1.30. The van der Waals surface area contributed by atoms with Crippen LogP contribution in [0.15, 0.2) is 36.5 Å². The molecule has 0 bridgehead atoms. The van der Waals surface area contributed by atoms with Crippen LogP contribution in [0.25, 0.3) is 0 Å². The number of carbonyl (C=O) groups excluding carboxylic acids is 1. The summed E-state index contributed by atoms with van der Waals surface area (Å²) in [5.74, 6) is -0.273. The van der Waals surface area contributed by atoms with Crippen LogP contribution in [0.5, 0.6) is 0 Å². The number of nitrogens with zero attached hydrogens (tertiary/aromatic N) is 1. The number of hydrogen-bond donors (Lipinski definition) is 1. The predicted octanol–water partition coefficient (Wildman–Crippen LogP) is 4.25. The van der Waals surface area contributed by atoms with Gasteiger partial charge in [0, 0.05) is 9.77 Å². The van der Waals surface area contributed by atoms with Gasteiger partial charge in [-0.05, 0) is 40.8 Å². The predicted molar refractivity (Wildman–Crippen MR) is 81.4 cm³/mol. The average Bonchev–Trinajstić information content (AvgIpc) is 2.35. The van der Waals surface area contributed by atoms with Crippen molar-refractivity contribution in [1.29, 1.82) is 0 Å². The van der Waals surface area contributed by atoms with Gasteiger partial charge in [0.25, 0.3) is 5.91 Å². The molecule has 1 N–H and O–H groups in total. The lowest BCUT2D eigenvalue weighted by atomic mass is 10.2. The number of anilines is 1. The molecule has 6 heteroatoms. The minimum Gasteiger partial charge on any atom is -0.321 e. The Hall–Kier alpha value is -0.850. The van der Waals surface area contributed by atoms with Gasteiger partial charge < -0.3 is 5.32 Å². The molecule has 0 saturated carbocycles. The van der Waals surface area contributed by atoms with E-state index in [4.69, 9.17) is 23.2 Å². The van der Waals surface area contributed by atoms with E-state index in [0.717, 1.165) is 9.26 Å². The summed E-state index contributed by atoms with van der Waals surface area (Å²) in [4.78, 5) is 15.8. The molecule has 0 aliphatic rings. The van der Waals surface area contributed by atoms with Gasteiger partial charge in [-0.1, -0.05) is 35.3 Å². The Morgan fingerprint density at radius 3 is 2.67 bits per heavy atom. The van der Waals surface area contributed by atoms with Crippen LogP contribution in [-0.4, -0.2) is 10.9 Å². The molecule has 92 valence electrons. The zero-order valence-corrected chi connectivity index (χ0v) is 12.6. The van der Waals surface area contributed by atoms with E-state index in [9.17, 15) is 4.79 Å². The second-order valence-electron chi connectivity index (χ2n) is 3.43. The molecule has 0 aliphatic carbocycles. The standard InChI is InChI=1S/C12H7Cl2IN2O/c13-8-5-7(6-16-11(8)14)12(18)17-10-4-2-1-3-9(10)15/h1-6H,(H,17,18). The Morgan fingerprint density at radius 1 is 1.28 bits per heavy atom. The molecular formula is C12H7Cl2IN2O. The molecule has 1 amide bonds. The van der Waals surface area contributed by atoms with Crippen molar-refractivity contribution in [2.45, 2.75) is 0 Å². The number of hydrogen-bond acceptors (Lipinski definition) is 2. The fourth-order valence-corrected chi connectivity index (χ4v) is 2.09. The van der Waals surface area contributed by atoms with E-state index in [2.05, 4.69) is 32.9 Å². The van der Waals surface area contributed by atoms with Gasteiger partial charge in [0.05, 0.1) is 16.3 Å². The Labute approximate surface area is 128 Å². The molecule has 1 aromatic carbocycles. The number of rotatable bonds is 2. The first-order chi connectivity index (χ1) is 8.58. The SMILES string of the molecule is O=C(Nc1ccccc1I)c1cnc(Cl)c(Cl)c1. The molecule has 0 radical (unpaired) electrons. The molecule has 1 heterocycles. The minimum absolute atomic E-state index is 0.183. The largest absolute Gasteiger partial charge is 0.321 e. The second-order valence-corrected chi connectivity index (χ2v) is 5.36. The molecule has 3 nitrogen and oxygen atoms in total. The second kappa shape index (κ2) is 5.86. The van der Waals surface area contributed by atoms with Crippen molar-refractivity contribution in [3.63, 3.8) is 0 Å². The first-order valence-electron chi connectivity index (χ1n) is 4.95. The molecule has 18 heavy (non-hydrogen) atoms. The third-order valence-electron chi connectivity index (χ3n) is 2.18. The highest BCUT2D eigenvalue weighted by Crippen LogP contribution is 2.21. The monoisotopic (exact) mass is 392 g/mol. The van der Waals surface area contributed by atoms with Crippen LogP contribution < -0.4 is 5.32 Å². The molecule has 0 atom stereocenters. The molecule has 0 aliphatic heterocycles. The number of benzene rings is 1. The molecule has 0 unspecified atom stereocenters. The first kappa shape index (κ1) is 13.6. The van der Waals surface area contributed by atoms with Crippen molar-refractivity contribution in [2.75, 3.05) is 5.32 Å². The third-order valence-corrected chi connectivity index (χ3v) is 3.81. The maximum atomic E-state index is 12.0. The smallest absolute Gasteiger partial charge is 0.257 e. The summed E-state index contributed by atoms with van der Waals surface area (Å²) in [5, 5.41) is 3.22. The van der Waals surface area contributed by atoms with E-state index in [1.165, 1.54) is 12.3 Å². The van der Waals surface area contributed by atoms with E-state index in [0.29, 0.717) is 5.56 Å². The zero-order valence-electron chi connectivity index (χ0n) is 8.95. The van der Waals surface area contributed by atoms with Gasteiger partial charge in [0.1, 0.15) is 5.15 Å². The summed E-state index contributed by atoms with van der Waals surface area (Å²) < 4.78 is 0.955. The molecule has 2 aromatic rings. The van der Waals surface area contributed by atoms with E-state index < -0.39 is 0 Å².